The minimum atomic E-state index is -0.551. The number of halogens is 2. The Morgan fingerprint density at radius 2 is 1.74 bits per heavy atom. The Kier molecular flexibility index (Phi) is 3.40. The number of fused-ring (bicyclic) bond motifs is 1. The molecule has 0 bridgehead atoms. The van der Waals surface area contributed by atoms with Crippen LogP contribution >= 0.6 is 23.2 Å². The second-order valence-electron chi connectivity index (χ2n) is 4.54. The highest BCUT2D eigenvalue weighted by atomic mass is 35.5. The number of para-hydroxylation sites is 1. The van der Waals surface area contributed by atoms with Crippen LogP contribution in [0.2, 0.25) is 10.0 Å². The van der Waals surface area contributed by atoms with Gasteiger partial charge in [-0.05, 0) is 12.1 Å². The summed E-state index contributed by atoms with van der Waals surface area (Å²) < 4.78 is 5.92. The minimum Gasteiger partial charge on any atom is -0.485 e. The Hall–Kier alpha value is -1.22. The maximum atomic E-state index is 10.2. The molecule has 1 heterocycles. The number of hydrogen-bond donors (Lipinski definition) is 1. The van der Waals surface area contributed by atoms with Crippen molar-refractivity contribution < 1.29 is 9.84 Å². The number of hydrogen-bond acceptors (Lipinski definition) is 2. The van der Waals surface area contributed by atoms with Crippen LogP contribution in [0.1, 0.15) is 29.8 Å². The first-order valence-electron chi connectivity index (χ1n) is 6.04. The number of benzene rings is 2. The summed E-state index contributed by atoms with van der Waals surface area (Å²) in [7, 11) is 0. The fourth-order valence-electron chi connectivity index (χ4n) is 2.35. The summed E-state index contributed by atoms with van der Waals surface area (Å²) in [5.41, 5.74) is 1.62. The zero-order chi connectivity index (χ0) is 13.4. The zero-order valence-electron chi connectivity index (χ0n) is 10.0. The normalized spacial score (nSPS) is 21.6. The van der Waals surface area contributed by atoms with Gasteiger partial charge in [0.1, 0.15) is 11.9 Å². The predicted octanol–water partition coefficient (Wildman–Crippen LogP) is 4.55. The Morgan fingerprint density at radius 3 is 2.58 bits per heavy atom. The van der Waals surface area contributed by atoms with Gasteiger partial charge in [0.25, 0.3) is 0 Å². The molecule has 4 heteroatoms. The van der Waals surface area contributed by atoms with E-state index in [-0.39, 0.29) is 6.10 Å². The number of rotatable bonds is 1. The van der Waals surface area contributed by atoms with Crippen LogP contribution in [0.3, 0.4) is 0 Å². The SMILES string of the molecule is O[C@@H]1CC(c2cccc(Cl)c2Cl)Oc2ccccc21. The van der Waals surface area contributed by atoms with E-state index in [0.29, 0.717) is 22.2 Å². The quantitative estimate of drug-likeness (QED) is 0.836. The lowest BCUT2D eigenvalue weighted by Gasteiger charge is -2.30. The summed E-state index contributed by atoms with van der Waals surface area (Å²) in [5.74, 6) is 0.697. The van der Waals surface area contributed by atoms with Crippen molar-refractivity contribution in [2.75, 3.05) is 0 Å². The number of aliphatic hydroxyl groups excluding tert-OH is 1. The van der Waals surface area contributed by atoms with Crippen molar-refractivity contribution in [1.29, 1.82) is 0 Å². The maximum Gasteiger partial charge on any atom is 0.128 e. The molecule has 0 saturated heterocycles. The average Bonchev–Trinajstić information content (AvgIpc) is 2.42. The highest BCUT2D eigenvalue weighted by Gasteiger charge is 2.29. The number of ether oxygens (including phenoxy) is 1. The smallest absolute Gasteiger partial charge is 0.128 e. The van der Waals surface area contributed by atoms with Crippen LogP contribution in [-0.4, -0.2) is 5.11 Å². The van der Waals surface area contributed by atoms with E-state index >= 15 is 0 Å². The van der Waals surface area contributed by atoms with Crippen LogP contribution in [0.5, 0.6) is 5.75 Å². The van der Waals surface area contributed by atoms with E-state index in [0.717, 1.165) is 11.1 Å². The third-order valence-corrected chi connectivity index (χ3v) is 4.15. The topological polar surface area (TPSA) is 29.5 Å². The van der Waals surface area contributed by atoms with E-state index in [1.807, 2.05) is 36.4 Å². The average molecular weight is 295 g/mol. The zero-order valence-corrected chi connectivity index (χ0v) is 11.5. The van der Waals surface area contributed by atoms with Crippen molar-refractivity contribution >= 4 is 23.2 Å². The Labute approximate surface area is 121 Å². The third-order valence-electron chi connectivity index (χ3n) is 3.31. The van der Waals surface area contributed by atoms with Crippen molar-refractivity contribution in [2.24, 2.45) is 0 Å². The van der Waals surface area contributed by atoms with E-state index in [2.05, 4.69) is 0 Å². The van der Waals surface area contributed by atoms with Crippen molar-refractivity contribution in [3.05, 3.63) is 63.6 Å². The molecule has 2 aromatic carbocycles. The van der Waals surface area contributed by atoms with Crippen molar-refractivity contribution in [3.8, 4) is 5.75 Å². The standard InChI is InChI=1S/C15H12Cl2O2/c16-11-6-3-5-10(15(11)17)14-8-12(18)9-4-1-2-7-13(9)19-14/h1-7,12,14,18H,8H2/t12-,14?/m1/s1. The molecular weight excluding hydrogens is 283 g/mol. The van der Waals surface area contributed by atoms with Crippen LogP contribution in [-0.2, 0) is 0 Å². The molecule has 2 atom stereocenters. The molecular formula is C15H12Cl2O2. The Morgan fingerprint density at radius 1 is 1.00 bits per heavy atom. The van der Waals surface area contributed by atoms with Gasteiger partial charge in [-0.1, -0.05) is 53.5 Å². The summed E-state index contributed by atoms with van der Waals surface area (Å²) in [5, 5.41) is 11.2. The Balaban J connectivity index is 1.99. The molecule has 0 amide bonds. The minimum absolute atomic E-state index is 0.281. The molecule has 1 aliphatic heterocycles. The lowest BCUT2D eigenvalue weighted by atomic mass is 9.95. The van der Waals surface area contributed by atoms with Gasteiger partial charge in [0, 0.05) is 17.5 Å². The summed E-state index contributed by atoms with van der Waals surface area (Å²) in [6.07, 6.45) is -0.363. The molecule has 1 aliphatic rings. The molecule has 0 spiro atoms. The van der Waals surface area contributed by atoms with Crippen LogP contribution in [0.15, 0.2) is 42.5 Å². The molecule has 0 radical (unpaired) electrons. The van der Waals surface area contributed by atoms with Gasteiger partial charge < -0.3 is 9.84 Å². The van der Waals surface area contributed by atoms with Crippen molar-refractivity contribution in [1.82, 2.24) is 0 Å². The lowest BCUT2D eigenvalue weighted by molar-refractivity contribution is 0.0658. The first-order chi connectivity index (χ1) is 9.16. The second-order valence-corrected chi connectivity index (χ2v) is 5.32. The summed E-state index contributed by atoms with van der Waals surface area (Å²) in [6.45, 7) is 0. The van der Waals surface area contributed by atoms with Gasteiger partial charge in [-0.25, -0.2) is 0 Å². The van der Waals surface area contributed by atoms with Crippen LogP contribution in [0.25, 0.3) is 0 Å². The molecule has 1 N–H and O–H groups in total. The second kappa shape index (κ2) is 5.04. The number of aliphatic hydroxyl groups is 1. The Bertz CT molecular complexity index is 613. The first-order valence-corrected chi connectivity index (χ1v) is 6.80. The summed E-state index contributed by atoms with van der Waals surface area (Å²) >= 11 is 12.2. The molecule has 98 valence electrons. The highest BCUT2D eigenvalue weighted by Crippen LogP contribution is 2.43. The molecule has 19 heavy (non-hydrogen) atoms. The first kappa shape index (κ1) is 12.8. The maximum absolute atomic E-state index is 10.2. The molecule has 0 saturated carbocycles. The molecule has 0 fully saturated rings. The molecule has 0 aliphatic carbocycles. The summed E-state index contributed by atoms with van der Waals surface area (Å²) in [4.78, 5) is 0. The van der Waals surface area contributed by atoms with E-state index in [1.165, 1.54) is 0 Å². The highest BCUT2D eigenvalue weighted by molar-refractivity contribution is 6.42. The monoisotopic (exact) mass is 294 g/mol. The largest absolute Gasteiger partial charge is 0.485 e. The van der Waals surface area contributed by atoms with E-state index in [1.54, 1.807) is 6.07 Å². The fraction of sp³-hybridized carbons (Fsp3) is 0.200. The fourth-order valence-corrected chi connectivity index (χ4v) is 2.78. The van der Waals surface area contributed by atoms with Gasteiger partial charge >= 0.3 is 0 Å². The van der Waals surface area contributed by atoms with Crippen molar-refractivity contribution in [3.63, 3.8) is 0 Å². The van der Waals surface area contributed by atoms with Crippen LogP contribution in [0, 0.1) is 0 Å². The van der Waals surface area contributed by atoms with E-state index < -0.39 is 6.10 Å². The van der Waals surface area contributed by atoms with E-state index in [4.69, 9.17) is 27.9 Å². The van der Waals surface area contributed by atoms with Gasteiger partial charge in [-0.15, -0.1) is 0 Å². The van der Waals surface area contributed by atoms with Gasteiger partial charge in [-0.3, -0.25) is 0 Å². The van der Waals surface area contributed by atoms with Gasteiger partial charge in [0.2, 0.25) is 0 Å². The lowest BCUT2D eigenvalue weighted by Crippen LogP contribution is -2.19. The molecule has 2 nitrogen and oxygen atoms in total. The summed E-state index contributed by atoms with van der Waals surface area (Å²) in [6, 6.07) is 12.9. The molecule has 2 aromatic rings. The molecule has 3 rings (SSSR count). The predicted molar refractivity (Wildman–Crippen MR) is 75.8 cm³/mol. The van der Waals surface area contributed by atoms with Crippen molar-refractivity contribution in [2.45, 2.75) is 18.6 Å². The van der Waals surface area contributed by atoms with Crippen LogP contribution < -0.4 is 4.74 Å². The van der Waals surface area contributed by atoms with Crippen LogP contribution in [0.4, 0.5) is 0 Å². The van der Waals surface area contributed by atoms with Gasteiger partial charge in [0.05, 0.1) is 16.1 Å². The third kappa shape index (κ3) is 2.32. The molecule has 1 unspecified atom stereocenters. The van der Waals surface area contributed by atoms with E-state index in [9.17, 15) is 5.11 Å². The van der Waals surface area contributed by atoms with Gasteiger partial charge in [0.15, 0.2) is 0 Å². The molecule has 0 aromatic heterocycles. The van der Waals surface area contributed by atoms with Gasteiger partial charge in [-0.2, -0.15) is 0 Å².